The van der Waals surface area contributed by atoms with E-state index < -0.39 is 0 Å². The number of hydrogen-bond donors (Lipinski definition) is 0. The van der Waals surface area contributed by atoms with Crippen LogP contribution in [0.15, 0.2) is 152 Å². The monoisotopic (exact) mass is 1300 g/mol. The third-order valence-corrected chi connectivity index (χ3v) is 20.6. The van der Waals surface area contributed by atoms with Crippen molar-refractivity contribution in [2.75, 3.05) is 0 Å². The van der Waals surface area contributed by atoms with Crippen molar-refractivity contribution < 1.29 is 22.8 Å². The lowest BCUT2D eigenvalue weighted by molar-refractivity contribution is -0.660. The molecule has 10 rings (SSSR count). The molecule has 10 aromatic rings. The number of aromatic nitrogens is 5. The summed E-state index contributed by atoms with van der Waals surface area (Å²) in [7, 11) is 10.6. The molecule has 0 fully saturated rings. The first-order valence-electron chi connectivity index (χ1n) is 35.8. The highest BCUT2D eigenvalue weighted by Crippen LogP contribution is 2.34. The summed E-state index contributed by atoms with van der Waals surface area (Å²) < 4.78 is 11.1. The van der Waals surface area contributed by atoms with Gasteiger partial charge >= 0.3 is 0 Å². The molecular weight excluding hydrogens is 1180 g/mol. The van der Waals surface area contributed by atoms with Crippen molar-refractivity contribution in [1.82, 2.24) is 0 Å². The molecule has 0 saturated carbocycles. The molecule has 0 aliphatic carbocycles. The second kappa shape index (κ2) is 33.9. The molecule has 0 aliphatic rings. The van der Waals surface area contributed by atoms with Gasteiger partial charge < -0.3 is 0 Å². The van der Waals surface area contributed by atoms with Crippen LogP contribution in [0.4, 0.5) is 0 Å². The van der Waals surface area contributed by atoms with E-state index in [9.17, 15) is 0 Å². The Kier molecular flexibility index (Phi) is 27.2. The molecule has 0 radical (unpaired) electrons. The lowest BCUT2D eigenvalue weighted by atomic mass is 9.84. The zero-order valence-electron chi connectivity index (χ0n) is 66.0. The summed E-state index contributed by atoms with van der Waals surface area (Å²) in [6.45, 7) is 55.6. The van der Waals surface area contributed by atoms with Crippen molar-refractivity contribution in [3.63, 3.8) is 0 Å². The number of nitrogens with zero attached hydrogens (tertiary/aromatic N) is 5. The smallest absolute Gasteiger partial charge is 0.201 e. The summed E-state index contributed by atoms with van der Waals surface area (Å²) >= 11 is 0. The first kappa shape index (κ1) is 77.9. The molecule has 97 heavy (non-hydrogen) atoms. The first-order chi connectivity index (χ1) is 45.5. The Balaban J connectivity index is 0.000000192. The van der Waals surface area contributed by atoms with Crippen LogP contribution >= 0.6 is 0 Å². The Labute approximate surface area is 590 Å². The molecule has 0 saturated heterocycles. The average Bonchev–Trinajstić information content (AvgIpc) is 0.823. The minimum Gasteiger partial charge on any atom is -0.201 e. The molecule has 0 N–H and O–H groups in total. The van der Waals surface area contributed by atoms with E-state index in [1.54, 1.807) is 0 Å². The van der Waals surface area contributed by atoms with Crippen molar-refractivity contribution in [3.8, 4) is 56.3 Å². The largest absolute Gasteiger partial charge is 0.215 e. The molecule has 5 aromatic heterocycles. The van der Waals surface area contributed by atoms with Gasteiger partial charge in [-0.05, 0) is 260 Å². The van der Waals surface area contributed by atoms with Gasteiger partial charge in [0.05, 0.1) is 0 Å². The van der Waals surface area contributed by atoms with Gasteiger partial charge in [0, 0.05) is 86.0 Å². The molecule has 1 unspecified atom stereocenters. The zero-order valence-corrected chi connectivity index (χ0v) is 66.0. The second-order valence-electron chi connectivity index (χ2n) is 30.1. The summed E-state index contributed by atoms with van der Waals surface area (Å²) in [5.74, 6) is 1.92. The van der Waals surface area contributed by atoms with Crippen LogP contribution in [0.3, 0.4) is 0 Å². The van der Waals surface area contributed by atoms with E-state index in [1.807, 2.05) is 0 Å². The van der Waals surface area contributed by atoms with Gasteiger partial charge in [-0.1, -0.05) is 130 Å². The number of rotatable bonds is 11. The third kappa shape index (κ3) is 19.2. The van der Waals surface area contributed by atoms with Crippen molar-refractivity contribution >= 4 is 0 Å². The standard InChI is InChI=1S/3C19H26N.C18H24N.C17H22N/c1-13-10-11-20(7)18(15(13)3)17-9-8-16(12-14(17)2)19(4,5)6;1-13(2)11-17-7-8-18(15(4)12-17)19-16(5)14(3)9-10-20(19)6;1-7-13(2)17-8-9-18(15(4)12-17)19-16(5)14(3)10-11-20(19)6;1-12(2)16-7-8-17(14(4)11-16)18-15(5)13(3)9-10-19(18)6;1-6-15-7-8-16(13(3)11-15)17-14(4)12(2)9-10-18(17)5/h8-12H,1-7H3;7-10,12-13H,11H2,1-6H3;8-13H,7H2,1-6H3;7-12H,1-6H3;7-11H,6H2,1-5H3/q5*+1. The predicted molar refractivity (Wildman–Crippen MR) is 416 cm³/mol. The maximum absolute atomic E-state index is 2.35. The average molecular weight is 1300 g/mol. The van der Waals surface area contributed by atoms with Crippen LogP contribution in [-0.4, -0.2) is 0 Å². The fourth-order valence-electron chi connectivity index (χ4n) is 13.3. The van der Waals surface area contributed by atoms with Crippen molar-refractivity contribution in [2.24, 2.45) is 41.2 Å². The molecule has 0 spiro atoms. The normalized spacial score (nSPS) is 11.5. The Morgan fingerprint density at radius 1 is 0.309 bits per heavy atom. The highest BCUT2D eigenvalue weighted by atomic mass is 14.9. The third-order valence-electron chi connectivity index (χ3n) is 20.6. The van der Waals surface area contributed by atoms with Crippen LogP contribution in [-0.2, 0) is 53.5 Å². The number of aryl methyl sites for hydroxylation is 16. The Morgan fingerprint density at radius 2 is 0.588 bits per heavy atom. The van der Waals surface area contributed by atoms with Gasteiger partial charge in [0.1, 0.15) is 35.2 Å². The lowest BCUT2D eigenvalue weighted by Crippen LogP contribution is -2.32. The quantitative estimate of drug-likeness (QED) is 0.115. The van der Waals surface area contributed by atoms with Crippen molar-refractivity contribution in [2.45, 2.75) is 210 Å². The van der Waals surface area contributed by atoms with E-state index in [4.69, 9.17) is 0 Å². The fraction of sp³-hybridized carbons (Fsp3) is 0.402. The van der Waals surface area contributed by atoms with Crippen LogP contribution < -0.4 is 22.8 Å². The molecule has 5 aromatic carbocycles. The Hall–Kier alpha value is -8.15. The fourth-order valence-corrected chi connectivity index (χ4v) is 13.3. The molecule has 0 amide bonds. The van der Waals surface area contributed by atoms with Gasteiger partial charge in [0.25, 0.3) is 0 Å². The minimum atomic E-state index is 0.202. The van der Waals surface area contributed by atoms with Gasteiger partial charge in [-0.3, -0.25) is 0 Å². The molecule has 5 heterocycles. The molecule has 0 aliphatic heterocycles. The predicted octanol–water partition coefficient (Wildman–Crippen LogP) is 21.2. The van der Waals surface area contributed by atoms with E-state index in [-0.39, 0.29) is 5.41 Å². The van der Waals surface area contributed by atoms with E-state index in [1.165, 1.54) is 174 Å². The van der Waals surface area contributed by atoms with E-state index >= 15 is 0 Å². The van der Waals surface area contributed by atoms with E-state index in [2.05, 4.69) is 383 Å². The Bertz CT molecular complexity index is 4390. The summed E-state index contributed by atoms with van der Waals surface area (Å²) in [5, 5.41) is 0. The first-order valence-corrected chi connectivity index (χ1v) is 35.8. The Morgan fingerprint density at radius 3 is 0.866 bits per heavy atom. The van der Waals surface area contributed by atoms with Crippen LogP contribution in [0.2, 0.25) is 0 Å². The van der Waals surface area contributed by atoms with Crippen LogP contribution in [0.1, 0.15) is 199 Å². The number of pyridine rings is 5. The van der Waals surface area contributed by atoms with E-state index in [0.29, 0.717) is 17.8 Å². The topological polar surface area (TPSA) is 19.4 Å². The molecular formula is C92H124N5+5. The summed E-state index contributed by atoms with van der Waals surface area (Å²) in [6.07, 6.45) is 14.2. The molecule has 5 nitrogen and oxygen atoms in total. The zero-order chi connectivity index (χ0) is 72.2. The van der Waals surface area contributed by atoms with Crippen molar-refractivity contribution in [3.05, 3.63) is 264 Å². The molecule has 512 valence electrons. The van der Waals surface area contributed by atoms with E-state index in [0.717, 1.165) is 12.8 Å². The second-order valence-corrected chi connectivity index (χ2v) is 30.1. The SMILES string of the molecule is CCC(C)c1ccc(-c2c(C)c(C)cc[n+]2C)c(C)c1.CCc1ccc(-c2c(C)c(C)cc[n+]2C)c(C)c1.Cc1cc(C(C)(C)C)ccc1-c1c(C)c(C)cc[n+]1C.Cc1cc(C(C)C)ccc1-c1c(C)c(C)cc[n+]1C.Cc1cc(CC(C)C)ccc1-c1c(C)c(C)cc[n+]1C. The van der Waals surface area contributed by atoms with Gasteiger partial charge in [0.2, 0.25) is 28.5 Å². The van der Waals surface area contributed by atoms with Crippen molar-refractivity contribution in [1.29, 1.82) is 0 Å². The van der Waals surface area contributed by atoms with Gasteiger partial charge in [-0.2, -0.15) is 0 Å². The lowest BCUT2D eigenvalue weighted by Gasteiger charge is -2.20. The van der Waals surface area contributed by atoms with Crippen LogP contribution in [0.25, 0.3) is 56.3 Å². The molecule has 1 atom stereocenters. The van der Waals surface area contributed by atoms with Gasteiger partial charge in [0.15, 0.2) is 31.0 Å². The summed E-state index contributed by atoms with van der Waals surface area (Å²) in [6, 6.07) is 45.3. The van der Waals surface area contributed by atoms with Crippen LogP contribution in [0, 0.1) is 110 Å². The van der Waals surface area contributed by atoms with Gasteiger partial charge in [-0.25, -0.2) is 22.8 Å². The minimum absolute atomic E-state index is 0.202. The van der Waals surface area contributed by atoms with Crippen LogP contribution in [0.5, 0.6) is 0 Å². The highest BCUT2D eigenvalue weighted by molar-refractivity contribution is 5.70. The van der Waals surface area contributed by atoms with Gasteiger partial charge in [-0.15, -0.1) is 0 Å². The molecule has 0 bridgehead atoms. The highest BCUT2D eigenvalue weighted by Gasteiger charge is 2.24. The maximum Gasteiger partial charge on any atom is 0.215 e. The summed E-state index contributed by atoms with van der Waals surface area (Å²) in [5.41, 5.74) is 41.0. The maximum atomic E-state index is 2.35. The summed E-state index contributed by atoms with van der Waals surface area (Å²) in [4.78, 5) is 0. The number of benzene rings is 5. The number of hydrogen-bond acceptors (Lipinski definition) is 0. The molecule has 5 heteroatoms.